The third kappa shape index (κ3) is 7.30. The number of ether oxygens (including phenoxy) is 1. The average Bonchev–Trinajstić information content (AvgIpc) is 2.79. The summed E-state index contributed by atoms with van der Waals surface area (Å²) in [5.74, 6) is 1.67. The molecule has 0 aliphatic heterocycles. The van der Waals surface area contributed by atoms with Crippen LogP contribution >= 0.6 is 0 Å². The van der Waals surface area contributed by atoms with E-state index in [1.54, 1.807) is 0 Å². The minimum atomic E-state index is -0.0820. The van der Waals surface area contributed by atoms with E-state index in [2.05, 4.69) is 45.0 Å². The van der Waals surface area contributed by atoms with Crippen molar-refractivity contribution in [3.63, 3.8) is 0 Å². The van der Waals surface area contributed by atoms with Crippen LogP contribution in [0.4, 0.5) is 0 Å². The molecule has 30 heavy (non-hydrogen) atoms. The fraction of sp³-hybridized carbons (Fsp3) is 0.481. The first-order valence-corrected chi connectivity index (χ1v) is 11.4. The van der Waals surface area contributed by atoms with E-state index in [4.69, 9.17) is 4.74 Å². The van der Waals surface area contributed by atoms with Crippen LogP contribution in [0.3, 0.4) is 0 Å². The first-order valence-electron chi connectivity index (χ1n) is 11.4. The summed E-state index contributed by atoms with van der Waals surface area (Å²) in [6.07, 6.45) is 9.53. The van der Waals surface area contributed by atoms with Gasteiger partial charge in [-0.1, -0.05) is 70.4 Å². The predicted octanol–water partition coefficient (Wildman–Crippen LogP) is 6.65. The molecule has 0 saturated heterocycles. The van der Waals surface area contributed by atoms with Gasteiger partial charge in [-0.05, 0) is 71.2 Å². The van der Waals surface area contributed by atoms with E-state index in [1.807, 2.05) is 24.3 Å². The third-order valence-electron chi connectivity index (χ3n) is 5.86. The zero-order chi connectivity index (χ0) is 21.8. The first-order chi connectivity index (χ1) is 14.6. The molecule has 3 heteroatoms. The fourth-order valence-electron chi connectivity index (χ4n) is 3.85. The Labute approximate surface area is 182 Å². The summed E-state index contributed by atoms with van der Waals surface area (Å²) in [6, 6.07) is 14.0. The Balaban J connectivity index is 2.07. The number of rotatable bonds is 13. The summed E-state index contributed by atoms with van der Waals surface area (Å²) in [5, 5.41) is 18.8. The molecule has 0 aliphatic carbocycles. The largest absolute Gasteiger partial charge is 0.489 e. The van der Waals surface area contributed by atoms with Crippen LogP contribution in [0.15, 0.2) is 48.5 Å². The molecule has 0 atom stereocenters. The SMILES string of the molecule is CCC/C(=C/CCC(CC)CC)c1cccc(OCc2ccc(CO)c(CO)c2)c1. The third-order valence-corrected chi connectivity index (χ3v) is 5.86. The zero-order valence-corrected chi connectivity index (χ0v) is 18.9. The topological polar surface area (TPSA) is 49.7 Å². The highest BCUT2D eigenvalue weighted by Gasteiger charge is 2.07. The quantitative estimate of drug-likeness (QED) is 0.389. The Bertz CT molecular complexity index is 790. The molecule has 2 aromatic rings. The Morgan fingerprint density at radius 3 is 2.40 bits per heavy atom. The van der Waals surface area contributed by atoms with Gasteiger partial charge in [-0.25, -0.2) is 0 Å². The monoisotopic (exact) mass is 410 g/mol. The Hall–Kier alpha value is -2.10. The second kappa shape index (κ2) is 13.3. The molecule has 0 heterocycles. The average molecular weight is 411 g/mol. The number of hydrogen-bond acceptors (Lipinski definition) is 3. The lowest BCUT2D eigenvalue weighted by Crippen LogP contribution is -2.00. The van der Waals surface area contributed by atoms with Crippen molar-refractivity contribution in [2.24, 2.45) is 5.92 Å². The van der Waals surface area contributed by atoms with Crippen LogP contribution in [0.1, 0.15) is 81.5 Å². The van der Waals surface area contributed by atoms with Crippen molar-refractivity contribution < 1.29 is 14.9 Å². The molecule has 3 nitrogen and oxygen atoms in total. The van der Waals surface area contributed by atoms with E-state index >= 15 is 0 Å². The second-order valence-electron chi connectivity index (χ2n) is 7.98. The van der Waals surface area contributed by atoms with Gasteiger partial charge in [-0.3, -0.25) is 0 Å². The molecule has 2 aromatic carbocycles. The Kier molecular flexibility index (Phi) is 10.7. The summed E-state index contributed by atoms with van der Waals surface area (Å²) in [7, 11) is 0. The number of hydrogen-bond donors (Lipinski definition) is 2. The standard InChI is InChI=1S/C27H38O3/c1-4-9-23(11-7-10-21(5-2)6-3)24-12-8-13-27(17-24)30-20-22-14-15-25(18-28)26(16-22)19-29/h8,11-17,21,28-29H,4-7,9-10,18-20H2,1-3H3/b23-11-. The fourth-order valence-corrected chi connectivity index (χ4v) is 3.85. The number of aliphatic hydroxyl groups excluding tert-OH is 2. The van der Waals surface area contributed by atoms with Gasteiger partial charge in [-0.2, -0.15) is 0 Å². The van der Waals surface area contributed by atoms with E-state index < -0.39 is 0 Å². The summed E-state index contributed by atoms with van der Waals surface area (Å²) in [4.78, 5) is 0. The van der Waals surface area contributed by atoms with E-state index in [9.17, 15) is 10.2 Å². The van der Waals surface area contributed by atoms with Crippen LogP contribution in [0, 0.1) is 5.92 Å². The molecule has 0 spiro atoms. The van der Waals surface area contributed by atoms with E-state index in [-0.39, 0.29) is 13.2 Å². The van der Waals surface area contributed by atoms with Crippen molar-refractivity contribution in [1.82, 2.24) is 0 Å². The van der Waals surface area contributed by atoms with Gasteiger partial charge in [0.2, 0.25) is 0 Å². The maximum Gasteiger partial charge on any atom is 0.120 e. The van der Waals surface area contributed by atoms with Crippen LogP contribution < -0.4 is 4.74 Å². The van der Waals surface area contributed by atoms with E-state index in [1.165, 1.54) is 30.4 Å². The summed E-state index contributed by atoms with van der Waals surface area (Å²) < 4.78 is 6.04. The Morgan fingerprint density at radius 2 is 1.73 bits per heavy atom. The lowest BCUT2D eigenvalue weighted by atomic mass is 9.94. The summed E-state index contributed by atoms with van der Waals surface area (Å²) in [5.41, 5.74) is 5.13. The molecule has 0 fully saturated rings. The Morgan fingerprint density at radius 1 is 0.967 bits per heavy atom. The maximum absolute atomic E-state index is 9.49. The van der Waals surface area contributed by atoms with Crippen LogP contribution in [-0.4, -0.2) is 10.2 Å². The van der Waals surface area contributed by atoms with E-state index in [0.717, 1.165) is 47.6 Å². The van der Waals surface area contributed by atoms with Crippen molar-refractivity contribution in [2.45, 2.75) is 79.1 Å². The highest BCUT2D eigenvalue weighted by atomic mass is 16.5. The minimum absolute atomic E-state index is 0.0666. The van der Waals surface area contributed by atoms with Gasteiger partial charge in [0.15, 0.2) is 0 Å². The maximum atomic E-state index is 9.49. The predicted molar refractivity (Wildman–Crippen MR) is 125 cm³/mol. The molecule has 0 unspecified atom stereocenters. The van der Waals surface area contributed by atoms with Crippen molar-refractivity contribution in [3.05, 3.63) is 70.8 Å². The molecule has 0 aliphatic rings. The zero-order valence-electron chi connectivity index (χ0n) is 18.9. The van der Waals surface area contributed by atoms with Gasteiger partial charge in [0.25, 0.3) is 0 Å². The van der Waals surface area contributed by atoms with Crippen molar-refractivity contribution in [1.29, 1.82) is 0 Å². The molecule has 0 amide bonds. The lowest BCUT2D eigenvalue weighted by Gasteiger charge is -2.13. The number of allylic oxidation sites excluding steroid dienone is 2. The van der Waals surface area contributed by atoms with Gasteiger partial charge in [0.05, 0.1) is 13.2 Å². The smallest absolute Gasteiger partial charge is 0.120 e. The molecule has 2 rings (SSSR count). The van der Waals surface area contributed by atoms with Gasteiger partial charge in [0, 0.05) is 0 Å². The lowest BCUT2D eigenvalue weighted by molar-refractivity contribution is 0.259. The molecular formula is C27H38O3. The molecule has 0 aromatic heterocycles. The molecule has 0 saturated carbocycles. The molecule has 0 radical (unpaired) electrons. The summed E-state index contributed by atoms with van der Waals surface area (Å²) in [6.45, 7) is 7.08. The van der Waals surface area contributed by atoms with Gasteiger partial charge < -0.3 is 14.9 Å². The summed E-state index contributed by atoms with van der Waals surface area (Å²) >= 11 is 0. The normalized spacial score (nSPS) is 11.9. The van der Waals surface area contributed by atoms with Gasteiger partial charge in [-0.15, -0.1) is 0 Å². The molecule has 0 bridgehead atoms. The van der Waals surface area contributed by atoms with Crippen LogP contribution in [0.2, 0.25) is 0 Å². The highest BCUT2D eigenvalue weighted by molar-refractivity contribution is 5.66. The first kappa shape index (κ1) is 24.2. The van der Waals surface area contributed by atoms with Crippen LogP contribution in [0.5, 0.6) is 5.75 Å². The molecular weight excluding hydrogens is 372 g/mol. The molecule has 2 N–H and O–H groups in total. The van der Waals surface area contributed by atoms with E-state index in [0.29, 0.717) is 6.61 Å². The van der Waals surface area contributed by atoms with Crippen molar-refractivity contribution in [2.75, 3.05) is 0 Å². The minimum Gasteiger partial charge on any atom is -0.489 e. The molecule has 164 valence electrons. The van der Waals surface area contributed by atoms with Gasteiger partial charge in [0.1, 0.15) is 12.4 Å². The number of benzene rings is 2. The van der Waals surface area contributed by atoms with Crippen molar-refractivity contribution in [3.8, 4) is 5.75 Å². The van der Waals surface area contributed by atoms with Crippen LogP contribution in [0.25, 0.3) is 5.57 Å². The number of aliphatic hydroxyl groups is 2. The highest BCUT2D eigenvalue weighted by Crippen LogP contribution is 2.26. The van der Waals surface area contributed by atoms with Crippen molar-refractivity contribution >= 4 is 5.57 Å². The second-order valence-corrected chi connectivity index (χ2v) is 7.98. The van der Waals surface area contributed by atoms with Gasteiger partial charge >= 0.3 is 0 Å². The van der Waals surface area contributed by atoms with Crippen LogP contribution in [-0.2, 0) is 19.8 Å².